The van der Waals surface area contributed by atoms with Crippen LogP contribution in [0.2, 0.25) is 5.02 Å². The lowest BCUT2D eigenvalue weighted by atomic mass is 10.3. The Labute approximate surface area is 161 Å². The summed E-state index contributed by atoms with van der Waals surface area (Å²) in [6, 6.07) is 12.0. The predicted molar refractivity (Wildman–Crippen MR) is 102 cm³/mol. The number of likely N-dealkylation sites (N-methyl/N-ethyl adjacent to an activating group) is 1. The highest BCUT2D eigenvalue weighted by molar-refractivity contribution is 6.33. The standard InChI is InChI=1S/C19H18ClN3O4/c1-23(12-17(24)22-16-8-3-2-7-15(16)20)18(25)13-27-19(26)10-9-14-6-4-5-11-21-14/h2-11H,12-13H2,1H3,(H,22,24). The third-order valence-corrected chi connectivity index (χ3v) is 3.70. The van der Waals surface area contributed by atoms with Gasteiger partial charge in [0.25, 0.3) is 5.91 Å². The summed E-state index contributed by atoms with van der Waals surface area (Å²) in [5.74, 6) is -1.60. The molecule has 1 heterocycles. The van der Waals surface area contributed by atoms with E-state index in [0.29, 0.717) is 16.4 Å². The molecular weight excluding hydrogens is 370 g/mol. The molecule has 7 nitrogen and oxygen atoms in total. The Bertz CT molecular complexity index is 840. The second-order valence-corrected chi connectivity index (χ2v) is 5.88. The summed E-state index contributed by atoms with van der Waals surface area (Å²) in [7, 11) is 1.44. The van der Waals surface area contributed by atoms with Crippen LogP contribution in [0.15, 0.2) is 54.7 Å². The van der Waals surface area contributed by atoms with Crippen LogP contribution in [0.3, 0.4) is 0 Å². The van der Waals surface area contributed by atoms with Crippen LogP contribution >= 0.6 is 11.6 Å². The smallest absolute Gasteiger partial charge is 0.331 e. The molecular formula is C19H18ClN3O4. The zero-order chi connectivity index (χ0) is 19.6. The summed E-state index contributed by atoms with van der Waals surface area (Å²) in [5.41, 5.74) is 1.05. The molecule has 2 rings (SSSR count). The van der Waals surface area contributed by atoms with Crippen molar-refractivity contribution in [2.24, 2.45) is 0 Å². The van der Waals surface area contributed by atoms with E-state index >= 15 is 0 Å². The molecule has 0 saturated carbocycles. The fourth-order valence-corrected chi connectivity index (χ4v) is 2.16. The van der Waals surface area contributed by atoms with E-state index in [2.05, 4.69) is 10.3 Å². The zero-order valence-electron chi connectivity index (χ0n) is 14.6. The molecule has 0 bridgehead atoms. The van der Waals surface area contributed by atoms with Gasteiger partial charge >= 0.3 is 5.97 Å². The maximum atomic E-state index is 12.0. The first-order valence-corrected chi connectivity index (χ1v) is 8.37. The number of rotatable bonds is 7. The van der Waals surface area contributed by atoms with Crippen molar-refractivity contribution in [1.82, 2.24) is 9.88 Å². The summed E-state index contributed by atoms with van der Waals surface area (Å²) in [5, 5.41) is 3.01. The van der Waals surface area contributed by atoms with Crippen LogP contribution in [-0.4, -0.2) is 47.9 Å². The zero-order valence-corrected chi connectivity index (χ0v) is 15.3. The number of amides is 2. The molecule has 1 N–H and O–H groups in total. The minimum atomic E-state index is -0.678. The van der Waals surface area contributed by atoms with Gasteiger partial charge in [0.15, 0.2) is 6.61 Å². The number of nitrogens with one attached hydrogen (secondary N) is 1. The number of carbonyl (C=O) groups excluding carboxylic acids is 3. The highest BCUT2D eigenvalue weighted by atomic mass is 35.5. The molecule has 0 radical (unpaired) electrons. The Hall–Kier alpha value is -3.19. The first-order valence-electron chi connectivity index (χ1n) is 8.00. The Balaban J connectivity index is 1.76. The maximum Gasteiger partial charge on any atom is 0.331 e. The second-order valence-electron chi connectivity index (χ2n) is 5.47. The molecule has 0 unspecified atom stereocenters. The van der Waals surface area contributed by atoms with Crippen molar-refractivity contribution >= 4 is 41.1 Å². The van der Waals surface area contributed by atoms with Crippen molar-refractivity contribution in [3.63, 3.8) is 0 Å². The SMILES string of the molecule is CN(CC(=O)Nc1ccccc1Cl)C(=O)COC(=O)C=Cc1ccccn1. The lowest BCUT2D eigenvalue weighted by molar-refractivity contribution is -0.148. The van der Waals surface area contributed by atoms with Gasteiger partial charge in [0.2, 0.25) is 5.91 Å². The molecule has 0 aliphatic carbocycles. The molecule has 0 spiro atoms. The van der Waals surface area contributed by atoms with E-state index < -0.39 is 24.4 Å². The van der Waals surface area contributed by atoms with Crippen LogP contribution < -0.4 is 5.32 Å². The van der Waals surface area contributed by atoms with Crippen LogP contribution in [-0.2, 0) is 19.1 Å². The molecule has 27 heavy (non-hydrogen) atoms. The number of esters is 1. The van der Waals surface area contributed by atoms with Crippen LogP contribution in [0, 0.1) is 0 Å². The van der Waals surface area contributed by atoms with E-state index in [1.807, 2.05) is 0 Å². The number of halogens is 1. The maximum absolute atomic E-state index is 12.0. The quantitative estimate of drug-likeness (QED) is 0.582. The van der Waals surface area contributed by atoms with E-state index in [0.717, 1.165) is 4.90 Å². The second kappa shape index (κ2) is 10.1. The van der Waals surface area contributed by atoms with Crippen molar-refractivity contribution in [3.05, 3.63) is 65.5 Å². The average molecular weight is 388 g/mol. The van der Waals surface area contributed by atoms with E-state index in [1.54, 1.807) is 48.7 Å². The lowest BCUT2D eigenvalue weighted by Crippen LogP contribution is -2.37. The van der Waals surface area contributed by atoms with Gasteiger partial charge in [-0.3, -0.25) is 14.6 Å². The number of nitrogens with zero attached hydrogens (tertiary/aromatic N) is 2. The highest BCUT2D eigenvalue weighted by Gasteiger charge is 2.15. The molecule has 1 aromatic heterocycles. The van der Waals surface area contributed by atoms with Gasteiger partial charge in [0.1, 0.15) is 0 Å². The van der Waals surface area contributed by atoms with Gasteiger partial charge in [-0.05, 0) is 30.3 Å². The first kappa shape index (κ1) is 20.1. The van der Waals surface area contributed by atoms with Crippen LogP contribution in [0.1, 0.15) is 5.69 Å². The van der Waals surface area contributed by atoms with E-state index in [9.17, 15) is 14.4 Å². The summed E-state index contributed by atoms with van der Waals surface area (Å²) >= 11 is 5.96. The Kier molecular flexibility index (Phi) is 7.51. The molecule has 2 aromatic rings. The number of anilines is 1. The van der Waals surface area contributed by atoms with Crippen molar-refractivity contribution < 1.29 is 19.1 Å². The van der Waals surface area contributed by atoms with Gasteiger partial charge in [-0.15, -0.1) is 0 Å². The summed E-state index contributed by atoms with van der Waals surface area (Å²) in [4.78, 5) is 40.8. The fourth-order valence-electron chi connectivity index (χ4n) is 1.98. The van der Waals surface area contributed by atoms with E-state index in [1.165, 1.54) is 19.2 Å². The fraction of sp³-hybridized carbons (Fsp3) is 0.158. The third kappa shape index (κ3) is 6.91. The van der Waals surface area contributed by atoms with E-state index in [4.69, 9.17) is 16.3 Å². The molecule has 0 atom stereocenters. The van der Waals surface area contributed by atoms with Gasteiger partial charge in [0.05, 0.1) is 22.9 Å². The van der Waals surface area contributed by atoms with Gasteiger partial charge in [0, 0.05) is 19.3 Å². The van der Waals surface area contributed by atoms with Crippen molar-refractivity contribution in [2.45, 2.75) is 0 Å². The normalized spacial score (nSPS) is 10.4. The Morgan fingerprint density at radius 2 is 1.93 bits per heavy atom. The van der Waals surface area contributed by atoms with Crippen LogP contribution in [0.4, 0.5) is 5.69 Å². The number of hydrogen-bond donors (Lipinski definition) is 1. The summed E-state index contributed by atoms with van der Waals surface area (Å²) in [6.45, 7) is -0.674. The largest absolute Gasteiger partial charge is 0.452 e. The number of aromatic nitrogens is 1. The topological polar surface area (TPSA) is 88.6 Å². The molecule has 0 aliphatic heterocycles. The number of carbonyl (C=O) groups is 3. The molecule has 8 heteroatoms. The lowest BCUT2D eigenvalue weighted by Gasteiger charge is -2.16. The molecule has 0 saturated heterocycles. The van der Waals surface area contributed by atoms with Gasteiger partial charge in [-0.2, -0.15) is 0 Å². The molecule has 0 aliphatic rings. The minimum Gasteiger partial charge on any atom is -0.452 e. The number of hydrogen-bond acceptors (Lipinski definition) is 5. The molecule has 1 aromatic carbocycles. The van der Waals surface area contributed by atoms with Crippen molar-refractivity contribution in [2.75, 3.05) is 25.5 Å². The van der Waals surface area contributed by atoms with Crippen LogP contribution in [0.25, 0.3) is 6.08 Å². The summed E-state index contributed by atoms with van der Waals surface area (Å²) in [6.07, 6.45) is 4.25. The van der Waals surface area contributed by atoms with Gasteiger partial charge < -0.3 is 15.0 Å². The monoisotopic (exact) mass is 387 g/mol. The molecule has 0 fully saturated rings. The third-order valence-electron chi connectivity index (χ3n) is 3.37. The first-order chi connectivity index (χ1) is 13.0. The van der Waals surface area contributed by atoms with Crippen molar-refractivity contribution in [3.8, 4) is 0 Å². The van der Waals surface area contributed by atoms with Crippen molar-refractivity contribution in [1.29, 1.82) is 0 Å². The van der Waals surface area contributed by atoms with E-state index in [-0.39, 0.29) is 6.54 Å². The molecule has 140 valence electrons. The number of ether oxygens (including phenoxy) is 1. The highest BCUT2D eigenvalue weighted by Crippen LogP contribution is 2.20. The predicted octanol–water partition coefficient (Wildman–Crippen LogP) is 2.39. The number of benzene rings is 1. The van der Waals surface area contributed by atoms with Gasteiger partial charge in [-0.25, -0.2) is 4.79 Å². The number of para-hydroxylation sites is 1. The summed E-state index contributed by atoms with van der Waals surface area (Å²) < 4.78 is 4.87. The Morgan fingerprint density at radius 1 is 1.19 bits per heavy atom. The molecule has 2 amide bonds. The van der Waals surface area contributed by atoms with Crippen LogP contribution in [0.5, 0.6) is 0 Å². The van der Waals surface area contributed by atoms with Gasteiger partial charge in [-0.1, -0.05) is 29.8 Å². The minimum absolute atomic E-state index is 0.203. The Morgan fingerprint density at radius 3 is 2.63 bits per heavy atom. The average Bonchev–Trinajstić information content (AvgIpc) is 2.67. The number of pyridine rings is 1.